The fraction of sp³-hybridized carbons (Fsp3) is 0.0952. The molecule has 1 amide bonds. The molecule has 1 heterocycles. The maximum atomic E-state index is 12.2. The monoisotopic (exact) mass is 358 g/mol. The van der Waals surface area contributed by atoms with Crippen molar-refractivity contribution < 1.29 is 9.63 Å². The average molecular weight is 358 g/mol. The molecule has 0 radical (unpaired) electrons. The molecule has 0 saturated carbocycles. The van der Waals surface area contributed by atoms with Crippen LogP contribution in [0, 0.1) is 0 Å². The van der Waals surface area contributed by atoms with Crippen molar-refractivity contribution in [2.45, 2.75) is 13.2 Å². The molecule has 4 rings (SSSR count). The van der Waals surface area contributed by atoms with Gasteiger partial charge >= 0.3 is 0 Å². The van der Waals surface area contributed by atoms with E-state index in [-0.39, 0.29) is 5.91 Å². The van der Waals surface area contributed by atoms with Crippen molar-refractivity contribution in [3.8, 4) is 0 Å². The molecule has 0 spiro atoms. The predicted molar refractivity (Wildman–Crippen MR) is 102 cm³/mol. The van der Waals surface area contributed by atoms with Crippen molar-refractivity contribution >= 4 is 16.9 Å². The summed E-state index contributed by atoms with van der Waals surface area (Å²) in [6.07, 6.45) is 0. The van der Waals surface area contributed by atoms with Gasteiger partial charge in [0.2, 0.25) is 0 Å². The van der Waals surface area contributed by atoms with Crippen LogP contribution in [0.25, 0.3) is 11.0 Å². The van der Waals surface area contributed by atoms with Gasteiger partial charge in [0.05, 0.1) is 18.7 Å². The van der Waals surface area contributed by atoms with Gasteiger partial charge < -0.3 is 0 Å². The summed E-state index contributed by atoms with van der Waals surface area (Å²) in [6.45, 7) is 0.914. The normalized spacial score (nSPS) is 10.8. The fourth-order valence-electron chi connectivity index (χ4n) is 2.79. The standard InChI is InChI=1S/C21H18N4O2/c26-21(23-27-15-17-6-2-1-3-7-17)18-12-10-16(11-13-18)14-25-20-9-5-4-8-19(20)22-24-25/h1-13H,14-15H2,(H,23,26). The molecule has 27 heavy (non-hydrogen) atoms. The summed E-state index contributed by atoms with van der Waals surface area (Å²) < 4.78 is 1.84. The molecule has 0 bridgehead atoms. The predicted octanol–water partition coefficient (Wildman–Crippen LogP) is 3.34. The fourth-order valence-corrected chi connectivity index (χ4v) is 2.79. The first-order valence-electron chi connectivity index (χ1n) is 8.63. The maximum absolute atomic E-state index is 12.2. The summed E-state index contributed by atoms with van der Waals surface area (Å²) in [5.74, 6) is -0.274. The smallest absolute Gasteiger partial charge is 0.269 e. The molecular formula is C21H18N4O2. The lowest BCUT2D eigenvalue weighted by Crippen LogP contribution is -2.23. The number of hydrogen-bond donors (Lipinski definition) is 1. The third-order valence-corrected chi connectivity index (χ3v) is 4.22. The third-order valence-electron chi connectivity index (χ3n) is 4.22. The SMILES string of the molecule is O=C(NOCc1ccccc1)c1ccc(Cn2nnc3ccccc32)cc1. The second kappa shape index (κ2) is 7.80. The minimum Gasteiger partial charge on any atom is -0.269 e. The molecule has 3 aromatic carbocycles. The molecular weight excluding hydrogens is 340 g/mol. The topological polar surface area (TPSA) is 69.0 Å². The molecule has 0 aliphatic carbocycles. The number of hydroxylamine groups is 1. The number of fused-ring (bicyclic) bond motifs is 1. The number of amides is 1. The molecule has 6 nitrogen and oxygen atoms in total. The zero-order valence-corrected chi connectivity index (χ0v) is 14.6. The second-order valence-corrected chi connectivity index (χ2v) is 6.14. The van der Waals surface area contributed by atoms with E-state index in [9.17, 15) is 4.79 Å². The highest BCUT2D eigenvalue weighted by Gasteiger charge is 2.07. The van der Waals surface area contributed by atoms with Crippen LogP contribution in [0.1, 0.15) is 21.5 Å². The molecule has 0 saturated heterocycles. The number of carbonyl (C=O) groups excluding carboxylic acids is 1. The number of hydrogen-bond acceptors (Lipinski definition) is 4. The van der Waals surface area contributed by atoms with Crippen LogP contribution < -0.4 is 5.48 Å². The zero-order chi connectivity index (χ0) is 18.5. The Morgan fingerprint density at radius 1 is 0.889 bits per heavy atom. The van der Waals surface area contributed by atoms with Crippen LogP contribution in [0.3, 0.4) is 0 Å². The number of benzene rings is 3. The number of aromatic nitrogens is 3. The van der Waals surface area contributed by atoms with Crippen LogP contribution in [-0.4, -0.2) is 20.9 Å². The molecule has 0 fully saturated rings. The van der Waals surface area contributed by atoms with Crippen LogP contribution in [0.15, 0.2) is 78.9 Å². The van der Waals surface area contributed by atoms with Gasteiger partial charge in [-0.2, -0.15) is 0 Å². The Balaban J connectivity index is 1.36. The van der Waals surface area contributed by atoms with Gasteiger partial charge in [-0.3, -0.25) is 9.63 Å². The van der Waals surface area contributed by atoms with Gasteiger partial charge in [-0.25, -0.2) is 10.2 Å². The van der Waals surface area contributed by atoms with Crippen LogP contribution in [0.4, 0.5) is 0 Å². The summed E-state index contributed by atoms with van der Waals surface area (Å²) in [5.41, 5.74) is 6.88. The van der Waals surface area contributed by atoms with Gasteiger partial charge in [0.15, 0.2) is 0 Å². The van der Waals surface area contributed by atoms with Crippen LogP contribution >= 0.6 is 0 Å². The molecule has 6 heteroatoms. The lowest BCUT2D eigenvalue weighted by molar-refractivity contribution is 0.0233. The molecule has 4 aromatic rings. The van der Waals surface area contributed by atoms with E-state index in [4.69, 9.17) is 4.84 Å². The summed E-state index contributed by atoms with van der Waals surface area (Å²) in [6, 6.07) is 24.9. The Labute approximate surface area is 156 Å². The van der Waals surface area contributed by atoms with Crippen molar-refractivity contribution in [3.05, 3.63) is 95.6 Å². The quantitative estimate of drug-likeness (QED) is 0.537. The molecule has 0 aliphatic heterocycles. The number of nitrogens with zero attached hydrogens (tertiary/aromatic N) is 3. The van der Waals surface area contributed by atoms with Gasteiger partial charge in [-0.15, -0.1) is 5.10 Å². The number of rotatable bonds is 6. The minimum atomic E-state index is -0.274. The highest BCUT2D eigenvalue weighted by Crippen LogP contribution is 2.13. The Bertz CT molecular complexity index is 1040. The summed E-state index contributed by atoms with van der Waals surface area (Å²) >= 11 is 0. The Kier molecular flexibility index (Phi) is 4.89. The van der Waals surface area contributed by atoms with Gasteiger partial charge in [-0.05, 0) is 35.4 Å². The van der Waals surface area contributed by atoms with E-state index in [1.807, 2.05) is 71.4 Å². The highest BCUT2D eigenvalue weighted by molar-refractivity contribution is 5.93. The van der Waals surface area contributed by atoms with E-state index in [0.717, 1.165) is 22.2 Å². The Morgan fingerprint density at radius 3 is 2.44 bits per heavy atom. The van der Waals surface area contributed by atoms with E-state index < -0.39 is 0 Å². The number of para-hydroxylation sites is 1. The summed E-state index contributed by atoms with van der Waals surface area (Å²) in [4.78, 5) is 17.5. The van der Waals surface area contributed by atoms with E-state index in [1.54, 1.807) is 12.1 Å². The largest absolute Gasteiger partial charge is 0.274 e. The molecule has 134 valence electrons. The molecule has 0 atom stereocenters. The van der Waals surface area contributed by atoms with Crippen molar-refractivity contribution in [3.63, 3.8) is 0 Å². The van der Waals surface area contributed by atoms with Gasteiger partial charge in [0.25, 0.3) is 5.91 Å². The molecule has 1 N–H and O–H groups in total. The van der Waals surface area contributed by atoms with E-state index >= 15 is 0 Å². The minimum absolute atomic E-state index is 0.274. The van der Waals surface area contributed by atoms with Crippen molar-refractivity contribution in [2.24, 2.45) is 0 Å². The van der Waals surface area contributed by atoms with Crippen molar-refractivity contribution in [2.75, 3.05) is 0 Å². The first-order chi connectivity index (χ1) is 13.3. The zero-order valence-electron chi connectivity index (χ0n) is 14.6. The number of nitrogens with one attached hydrogen (secondary N) is 1. The molecule has 1 aromatic heterocycles. The lowest BCUT2D eigenvalue weighted by Gasteiger charge is -2.07. The van der Waals surface area contributed by atoms with Crippen molar-refractivity contribution in [1.82, 2.24) is 20.5 Å². The van der Waals surface area contributed by atoms with Crippen molar-refractivity contribution in [1.29, 1.82) is 0 Å². The van der Waals surface area contributed by atoms with Gasteiger partial charge in [0.1, 0.15) is 5.52 Å². The summed E-state index contributed by atoms with van der Waals surface area (Å²) in [5, 5.41) is 8.34. The maximum Gasteiger partial charge on any atom is 0.274 e. The van der Waals surface area contributed by atoms with E-state index in [1.165, 1.54) is 0 Å². The number of carbonyl (C=O) groups is 1. The van der Waals surface area contributed by atoms with Crippen LogP contribution in [-0.2, 0) is 18.0 Å². The van der Waals surface area contributed by atoms with Crippen LogP contribution in [0.5, 0.6) is 0 Å². The summed E-state index contributed by atoms with van der Waals surface area (Å²) in [7, 11) is 0. The molecule has 0 unspecified atom stereocenters. The van der Waals surface area contributed by atoms with Gasteiger partial charge in [0, 0.05) is 5.56 Å². The van der Waals surface area contributed by atoms with Crippen LogP contribution in [0.2, 0.25) is 0 Å². The Morgan fingerprint density at radius 2 is 1.63 bits per heavy atom. The lowest BCUT2D eigenvalue weighted by atomic mass is 10.1. The van der Waals surface area contributed by atoms with E-state index in [2.05, 4.69) is 15.8 Å². The second-order valence-electron chi connectivity index (χ2n) is 6.14. The molecule has 0 aliphatic rings. The first-order valence-corrected chi connectivity index (χ1v) is 8.63. The van der Waals surface area contributed by atoms with E-state index in [0.29, 0.717) is 18.7 Å². The Hall–Kier alpha value is -3.51. The first kappa shape index (κ1) is 16.9. The van der Waals surface area contributed by atoms with Gasteiger partial charge in [-0.1, -0.05) is 59.8 Å². The average Bonchev–Trinajstić information content (AvgIpc) is 3.12. The third kappa shape index (κ3) is 4.02. The highest BCUT2D eigenvalue weighted by atomic mass is 16.6.